The maximum atomic E-state index is 9.24. The molecule has 0 aromatic rings. The van der Waals surface area contributed by atoms with Gasteiger partial charge in [-0.05, 0) is 13.0 Å². The lowest BCUT2D eigenvalue weighted by atomic mass is 10.00. The fourth-order valence-electron chi connectivity index (χ4n) is 0.404. The molecule has 0 aliphatic heterocycles. The maximum Gasteiger partial charge on any atom is 0.170 e. The molecule has 0 radical (unpaired) electrons. The number of aliphatic hydroxyl groups excluding tert-OH is 1. The summed E-state index contributed by atoms with van der Waals surface area (Å²) in [5.74, 6) is 2.01. The highest BCUT2D eigenvalue weighted by molar-refractivity contribution is 6.25. The lowest BCUT2D eigenvalue weighted by molar-refractivity contribution is 0.0134. The Morgan fingerprint density at radius 2 is 2.30 bits per heavy atom. The molecule has 2 N–H and O–H groups in total. The van der Waals surface area contributed by atoms with Gasteiger partial charge in [0.25, 0.3) is 0 Å². The van der Waals surface area contributed by atoms with Crippen molar-refractivity contribution in [1.82, 2.24) is 0 Å². The van der Waals surface area contributed by atoms with E-state index in [1.165, 1.54) is 6.92 Å². The molecule has 0 fully saturated rings. The highest BCUT2D eigenvalue weighted by Crippen LogP contribution is 2.11. The van der Waals surface area contributed by atoms with E-state index in [1.54, 1.807) is 0 Å². The first-order valence-electron chi connectivity index (χ1n) is 2.73. The Kier molecular flexibility index (Phi) is 3.45. The van der Waals surface area contributed by atoms with Gasteiger partial charge in [0, 0.05) is 5.54 Å². The van der Waals surface area contributed by atoms with Crippen LogP contribution in [0.15, 0.2) is 11.6 Å². The van der Waals surface area contributed by atoms with Gasteiger partial charge in [0.05, 0.1) is 6.10 Å². The van der Waals surface area contributed by atoms with E-state index in [9.17, 15) is 5.11 Å². The molecule has 0 aliphatic carbocycles. The Morgan fingerprint density at radius 1 is 1.80 bits per heavy atom. The highest BCUT2D eigenvalue weighted by atomic mass is 35.5. The summed E-state index contributed by atoms with van der Waals surface area (Å²) in [6, 6.07) is 0. The Morgan fingerprint density at radius 3 is 2.40 bits per heavy atom. The van der Waals surface area contributed by atoms with E-state index in [4.69, 9.17) is 23.1 Å². The zero-order valence-electron chi connectivity index (χ0n) is 5.58. The van der Waals surface area contributed by atoms with Crippen molar-refractivity contribution >= 4 is 11.6 Å². The predicted octanol–water partition coefficient (Wildman–Crippen LogP) is 0.484. The summed E-state index contributed by atoms with van der Waals surface area (Å²) in [4.78, 5) is 0. The van der Waals surface area contributed by atoms with Crippen molar-refractivity contribution < 1.29 is 10.2 Å². The van der Waals surface area contributed by atoms with E-state index >= 15 is 0 Å². The van der Waals surface area contributed by atoms with Crippen molar-refractivity contribution in [2.24, 2.45) is 0 Å². The molecule has 2 unspecified atom stereocenters. The Labute approximate surface area is 65.1 Å². The summed E-state index contributed by atoms with van der Waals surface area (Å²) in [6.07, 6.45) is 5.06. The van der Waals surface area contributed by atoms with Crippen molar-refractivity contribution in [3.63, 3.8) is 0 Å². The average molecular weight is 161 g/mol. The van der Waals surface area contributed by atoms with Crippen LogP contribution in [0.2, 0.25) is 0 Å². The number of aliphatic hydroxyl groups is 2. The average Bonchev–Trinajstić information content (AvgIpc) is 1.88. The van der Waals surface area contributed by atoms with Crippen molar-refractivity contribution in [3.05, 3.63) is 11.6 Å². The molecule has 0 amide bonds. The van der Waals surface area contributed by atoms with Crippen LogP contribution < -0.4 is 0 Å². The van der Waals surface area contributed by atoms with E-state index in [2.05, 4.69) is 0 Å². The van der Waals surface area contributed by atoms with Gasteiger partial charge in [0.15, 0.2) is 5.60 Å². The molecule has 2 atom stereocenters. The van der Waals surface area contributed by atoms with Gasteiger partial charge in [0.1, 0.15) is 0 Å². The van der Waals surface area contributed by atoms with Gasteiger partial charge in [-0.25, -0.2) is 0 Å². The third kappa shape index (κ3) is 2.03. The van der Waals surface area contributed by atoms with Crippen LogP contribution >= 0.6 is 11.6 Å². The molecule has 0 saturated carbocycles. The smallest absolute Gasteiger partial charge is 0.170 e. The van der Waals surface area contributed by atoms with Crippen molar-refractivity contribution in [2.45, 2.75) is 18.6 Å². The zero-order valence-corrected chi connectivity index (χ0v) is 6.34. The van der Waals surface area contributed by atoms with Crippen LogP contribution in [0.3, 0.4) is 0 Å². The number of hydrogen-bond donors (Lipinski definition) is 2. The summed E-state index contributed by atoms with van der Waals surface area (Å²) in [5.41, 5.74) is -0.561. The fraction of sp³-hybridized carbons (Fsp3) is 0.429. The Bertz CT molecular complexity index is 169. The third-order valence-electron chi connectivity index (χ3n) is 1.19. The second-order valence-corrected chi connectivity index (χ2v) is 2.19. The van der Waals surface area contributed by atoms with Crippen LogP contribution in [0.4, 0.5) is 0 Å². The molecule has 0 bridgehead atoms. The summed E-state index contributed by atoms with van der Waals surface area (Å²) >= 11 is 5.16. The number of hydrogen-bond acceptors (Lipinski definition) is 2. The summed E-state index contributed by atoms with van der Waals surface area (Å²) < 4.78 is 0. The van der Waals surface area contributed by atoms with E-state index in [-0.39, 0.29) is 0 Å². The topological polar surface area (TPSA) is 40.5 Å². The van der Waals surface area contributed by atoms with Crippen LogP contribution in [0.1, 0.15) is 6.92 Å². The first kappa shape index (κ1) is 9.51. The molecule has 0 rings (SSSR count). The van der Waals surface area contributed by atoms with Crippen molar-refractivity contribution in [2.75, 3.05) is 0 Å². The fourth-order valence-corrected chi connectivity index (χ4v) is 0.596. The summed E-state index contributed by atoms with van der Waals surface area (Å²) in [7, 11) is 0. The molecule has 0 aromatic heterocycles. The normalized spacial score (nSPS) is 19.9. The minimum atomic E-state index is -1.64. The third-order valence-corrected chi connectivity index (χ3v) is 1.31. The molecule has 2 nitrogen and oxygen atoms in total. The first-order valence-corrected chi connectivity index (χ1v) is 3.16. The van der Waals surface area contributed by atoms with Crippen molar-refractivity contribution in [1.29, 1.82) is 0 Å². The molecule has 10 heavy (non-hydrogen) atoms. The van der Waals surface area contributed by atoms with Gasteiger partial charge in [-0.1, -0.05) is 17.5 Å². The van der Waals surface area contributed by atoms with Gasteiger partial charge in [-0.3, -0.25) is 0 Å². The van der Waals surface area contributed by atoms with E-state index in [0.717, 1.165) is 11.6 Å². The van der Waals surface area contributed by atoms with Crippen LogP contribution in [0, 0.1) is 12.3 Å². The maximum absolute atomic E-state index is 9.24. The van der Waals surface area contributed by atoms with Crippen molar-refractivity contribution in [3.8, 4) is 12.3 Å². The first-order chi connectivity index (χ1) is 4.56. The molecule has 0 aromatic carbocycles. The van der Waals surface area contributed by atoms with Gasteiger partial charge >= 0.3 is 0 Å². The Hall–Kier alpha value is -0.490. The molecule has 56 valence electrons. The molecule has 3 heteroatoms. The predicted molar refractivity (Wildman–Crippen MR) is 40.5 cm³/mol. The number of terminal acetylenes is 1. The summed E-state index contributed by atoms with van der Waals surface area (Å²) in [5, 5.41) is 18.1. The van der Waals surface area contributed by atoms with Crippen LogP contribution in [0.5, 0.6) is 0 Å². The summed E-state index contributed by atoms with van der Waals surface area (Å²) in [6.45, 7) is 1.39. The monoisotopic (exact) mass is 160 g/mol. The minimum Gasteiger partial charge on any atom is -0.389 e. The second-order valence-electron chi connectivity index (χ2n) is 1.94. The SMILES string of the molecule is C#CC(O)(/C=C/Cl)C(C)O. The lowest BCUT2D eigenvalue weighted by Gasteiger charge is -2.20. The zero-order chi connectivity index (χ0) is 8.20. The van der Waals surface area contributed by atoms with E-state index in [0.29, 0.717) is 0 Å². The van der Waals surface area contributed by atoms with Crippen LogP contribution in [-0.2, 0) is 0 Å². The van der Waals surface area contributed by atoms with Crippen LogP contribution in [0.25, 0.3) is 0 Å². The lowest BCUT2D eigenvalue weighted by Crippen LogP contribution is -2.36. The molecule has 0 saturated heterocycles. The standard InChI is InChI=1S/C7H9ClO2/c1-3-7(10,4-5-8)6(2)9/h1,4-6,9-10H,2H3/b5-4+. The largest absolute Gasteiger partial charge is 0.389 e. The highest BCUT2D eigenvalue weighted by Gasteiger charge is 2.26. The molecule has 0 spiro atoms. The number of halogens is 1. The van der Waals surface area contributed by atoms with Gasteiger partial charge in [0.2, 0.25) is 0 Å². The molecule has 0 aliphatic rings. The quantitative estimate of drug-likeness (QED) is 0.577. The number of rotatable bonds is 2. The minimum absolute atomic E-state index is 1.02. The van der Waals surface area contributed by atoms with E-state index in [1.807, 2.05) is 5.92 Å². The van der Waals surface area contributed by atoms with Crippen LogP contribution in [-0.4, -0.2) is 21.9 Å². The van der Waals surface area contributed by atoms with Gasteiger partial charge < -0.3 is 10.2 Å². The van der Waals surface area contributed by atoms with Gasteiger partial charge in [-0.15, -0.1) is 6.42 Å². The van der Waals surface area contributed by atoms with E-state index < -0.39 is 11.7 Å². The molecular formula is C7H9ClO2. The Balaban J connectivity index is 4.43. The second kappa shape index (κ2) is 3.62. The van der Waals surface area contributed by atoms with Gasteiger partial charge in [-0.2, -0.15) is 0 Å². The molecule has 0 heterocycles. The molecular weight excluding hydrogens is 152 g/mol.